The zero-order valence-corrected chi connectivity index (χ0v) is 22.7. The lowest BCUT2D eigenvalue weighted by molar-refractivity contribution is 0.0779. The number of hydrogen-bond donors (Lipinski definition) is 1. The van der Waals surface area contributed by atoms with Crippen molar-refractivity contribution in [3.8, 4) is 16.9 Å². The fraction of sp³-hybridized carbons (Fsp3) is 0.346. The van der Waals surface area contributed by atoms with E-state index in [1.165, 1.54) is 6.33 Å². The SMILES string of the molecule is Cc1cn(COCC[Si](C)(C)C)nc1COc1ccc2c(N)ncnc2c1-c1cccc(Cl)c1C. The predicted molar refractivity (Wildman–Crippen MR) is 145 cm³/mol. The van der Waals surface area contributed by atoms with Gasteiger partial charge in [0.05, 0.1) is 11.1 Å². The first-order valence-electron chi connectivity index (χ1n) is 11.7. The van der Waals surface area contributed by atoms with E-state index in [1.54, 1.807) is 0 Å². The summed E-state index contributed by atoms with van der Waals surface area (Å²) >= 11 is 6.45. The molecule has 0 unspecified atom stereocenters. The van der Waals surface area contributed by atoms with E-state index in [4.69, 9.17) is 26.8 Å². The van der Waals surface area contributed by atoms with Gasteiger partial charge in [0.1, 0.15) is 36.9 Å². The van der Waals surface area contributed by atoms with Crippen molar-refractivity contribution in [3.05, 3.63) is 64.7 Å². The van der Waals surface area contributed by atoms with Gasteiger partial charge >= 0.3 is 0 Å². The van der Waals surface area contributed by atoms with Crippen LogP contribution in [0.15, 0.2) is 42.9 Å². The van der Waals surface area contributed by atoms with E-state index in [0.717, 1.165) is 51.5 Å². The second-order valence-electron chi connectivity index (χ2n) is 9.94. The minimum absolute atomic E-state index is 0.312. The Morgan fingerprint density at radius 1 is 1.09 bits per heavy atom. The molecule has 4 rings (SSSR count). The molecule has 9 heteroatoms. The van der Waals surface area contributed by atoms with Crippen LogP contribution in [0.3, 0.4) is 0 Å². The summed E-state index contributed by atoms with van der Waals surface area (Å²) in [6.07, 6.45) is 3.46. The van der Waals surface area contributed by atoms with Gasteiger partial charge in [0.25, 0.3) is 0 Å². The highest BCUT2D eigenvalue weighted by molar-refractivity contribution is 6.76. The summed E-state index contributed by atoms with van der Waals surface area (Å²) in [4.78, 5) is 8.68. The Kier molecular flexibility index (Phi) is 7.44. The van der Waals surface area contributed by atoms with Gasteiger partial charge in [-0.05, 0) is 54.8 Å². The fourth-order valence-electron chi connectivity index (χ4n) is 3.84. The molecule has 0 fully saturated rings. The predicted octanol–water partition coefficient (Wildman–Crippen LogP) is 6.24. The standard InChI is InChI=1S/C26H32ClN5O2Si/c1-17-13-32(16-33-11-12-35(3,4)5)31-22(17)14-34-23-10-9-20-25(29-15-30-26(20)28)24(23)19-7-6-8-21(27)18(19)2/h6-10,13,15H,11-12,14,16H2,1-5H3,(H2,28,29,30). The molecule has 0 aliphatic rings. The topological polar surface area (TPSA) is 88.1 Å². The molecule has 0 amide bonds. The summed E-state index contributed by atoms with van der Waals surface area (Å²) in [5.74, 6) is 1.10. The van der Waals surface area contributed by atoms with Gasteiger partial charge in [-0.15, -0.1) is 0 Å². The van der Waals surface area contributed by atoms with Crippen molar-refractivity contribution < 1.29 is 9.47 Å². The van der Waals surface area contributed by atoms with Crippen molar-refractivity contribution in [2.75, 3.05) is 12.3 Å². The highest BCUT2D eigenvalue weighted by Crippen LogP contribution is 2.40. The molecule has 0 aliphatic carbocycles. The number of nitrogens with zero attached hydrogens (tertiary/aromatic N) is 4. The number of benzene rings is 2. The average molecular weight is 510 g/mol. The van der Waals surface area contributed by atoms with Crippen LogP contribution in [0.1, 0.15) is 16.8 Å². The van der Waals surface area contributed by atoms with Crippen LogP contribution in [0.4, 0.5) is 5.82 Å². The lowest BCUT2D eigenvalue weighted by atomic mass is 9.97. The summed E-state index contributed by atoms with van der Waals surface area (Å²) in [6.45, 7) is 12.5. The van der Waals surface area contributed by atoms with Crippen LogP contribution in [0.5, 0.6) is 5.75 Å². The van der Waals surface area contributed by atoms with E-state index < -0.39 is 8.07 Å². The maximum Gasteiger partial charge on any atom is 0.139 e. The smallest absolute Gasteiger partial charge is 0.139 e. The second-order valence-corrected chi connectivity index (χ2v) is 16.0. The van der Waals surface area contributed by atoms with Crippen LogP contribution in [-0.4, -0.2) is 34.4 Å². The van der Waals surface area contributed by atoms with E-state index in [-0.39, 0.29) is 0 Å². The second kappa shape index (κ2) is 10.4. The summed E-state index contributed by atoms with van der Waals surface area (Å²) in [6, 6.07) is 10.7. The number of rotatable bonds is 9. The summed E-state index contributed by atoms with van der Waals surface area (Å²) < 4.78 is 14.0. The Labute approximate surface area is 212 Å². The van der Waals surface area contributed by atoms with Gasteiger partial charge in [-0.2, -0.15) is 5.10 Å². The van der Waals surface area contributed by atoms with Crippen molar-refractivity contribution in [1.82, 2.24) is 19.7 Å². The minimum atomic E-state index is -1.12. The molecular formula is C26H32ClN5O2Si. The van der Waals surface area contributed by atoms with Crippen molar-refractivity contribution in [3.63, 3.8) is 0 Å². The molecule has 0 bridgehead atoms. The molecule has 0 atom stereocenters. The average Bonchev–Trinajstić information content (AvgIpc) is 3.16. The third-order valence-corrected chi connectivity index (χ3v) is 8.08. The molecular weight excluding hydrogens is 478 g/mol. The van der Waals surface area contributed by atoms with Crippen LogP contribution in [0.25, 0.3) is 22.0 Å². The number of aryl methyl sites for hydroxylation is 1. The van der Waals surface area contributed by atoms with E-state index in [0.29, 0.717) is 29.9 Å². The molecule has 0 radical (unpaired) electrons. The maximum atomic E-state index is 6.45. The largest absolute Gasteiger partial charge is 0.486 e. The lowest BCUT2D eigenvalue weighted by Gasteiger charge is -2.16. The molecule has 0 aliphatic heterocycles. The zero-order valence-electron chi connectivity index (χ0n) is 20.9. The van der Waals surface area contributed by atoms with Gasteiger partial charge < -0.3 is 15.2 Å². The fourth-order valence-corrected chi connectivity index (χ4v) is 4.77. The molecule has 2 heterocycles. The van der Waals surface area contributed by atoms with Crippen LogP contribution < -0.4 is 10.5 Å². The van der Waals surface area contributed by atoms with Crippen molar-refractivity contribution in [2.24, 2.45) is 0 Å². The molecule has 2 aromatic carbocycles. The summed E-state index contributed by atoms with van der Waals surface area (Å²) in [5.41, 5.74) is 11.5. The van der Waals surface area contributed by atoms with Crippen LogP contribution in [-0.2, 0) is 18.1 Å². The van der Waals surface area contributed by atoms with Crippen LogP contribution in [0.2, 0.25) is 30.7 Å². The van der Waals surface area contributed by atoms with E-state index in [1.807, 2.05) is 55.1 Å². The molecule has 0 saturated heterocycles. The molecule has 2 aromatic heterocycles. The van der Waals surface area contributed by atoms with Crippen molar-refractivity contribution in [2.45, 2.75) is 52.9 Å². The van der Waals surface area contributed by atoms with E-state index in [9.17, 15) is 0 Å². The van der Waals surface area contributed by atoms with Gasteiger partial charge in [-0.1, -0.05) is 43.4 Å². The highest BCUT2D eigenvalue weighted by atomic mass is 35.5. The molecule has 35 heavy (non-hydrogen) atoms. The van der Waals surface area contributed by atoms with Crippen LogP contribution in [0, 0.1) is 13.8 Å². The normalized spacial score (nSPS) is 11.8. The Balaban J connectivity index is 1.60. The Morgan fingerprint density at radius 2 is 1.89 bits per heavy atom. The summed E-state index contributed by atoms with van der Waals surface area (Å²) in [7, 11) is -1.12. The Hall–Kier alpha value is -2.94. The Bertz CT molecular complexity index is 1350. The van der Waals surface area contributed by atoms with Gasteiger partial charge in [0.2, 0.25) is 0 Å². The van der Waals surface area contributed by atoms with Gasteiger partial charge in [0.15, 0.2) is 0 Å². The lowest BCUT2D eigenvalue weighted by Crippen LogP contribution is -2.22. The molecule has 4 aromatic rings. The maximum absolute atomic E-state index is 6.45. The highest BCUT2D eigenvalue weighted by Gasteiger charge is 2.18. The molecule has 0 saturated carbocycles. The van der Waals surface area contributed by atoms with Gasteiger partial charge in [0, 0.05) is 31.3 Å². The van der Waals surface area contributed by atoms with Gasteiger partial charge in [-0.25, -0.2) is 14.6 Å². The van der Waals surface area contributed by atoms with E-state index in [2.05, 4.69) is 34.7 Å². The molecule has 184 valence electrons. The number of anilines is 1. The number of aromatic nitrogens is 4. The minimum Gasteiger partial charge on any atom is -0.486 e. The first-order chi connectivity index (χ1) is 16.6. The summed E-state index contributed by atoms with van der Waals surface area (Å²) in [5, 5.41) is 6.13. The Morgan fingerprint density at radius 3 is 2.66 bits per heavy atom. The third-order valence-electron chi connectivity index (χ3n) is 5.97. The molecule has 0 spiro atoms. The zero-order chi connectivity index (χ0) is 25.2. The number of nitrogen functional groups attached to an aromatic ring is 1. The number of halogens is 1. The monoisotopic (exact) mass is 509 g/mol. The van der Waals surface area contributed by atoms with Crippen molar-refractivity contribution >= 4 is 36.4 Å². The number of nitrogens with two attached hydrogens (primary N) is 1. The first-order valence-corrected chi connectivity index (χ1v) is 15.7. The number of fused-ring (bicyclic) bond motifs is 1. The van der Waals surface area contributed by atoms with Crippen LogP contribution >= 0.6 is 11.6 Å². The number of hydrogen-bond acceptors (Lipinski definition) is 6. The quantitative estimate of drug-likeness (QED) is 0.212. The van der Waals surface area contributed by atoms with Gasteiger partial charge in [-0.3, -0.25) is 0 Å². The van der Waals surface area contributed by atoms with E-state index >= 15 is 0 Å². The molecule has 2 N–H and O–H groups in total. The molecule has 7 nitrogen and oxygen atoms in total. The third kappa shape index (κ3) is 5.83. The number of ether oxygens (including phenoxy) is 2. The van der Waals surface area contributed by atoms with Crippen molar-refractivity contribution in [1.29, 1.82) is 0 Å². The first kappa shape index (κ1) is 25.2.